The van der Waals surface area contributed by atoms with Gasteiger partial charge in [-0.05, 0) is 34.1 Å². The average molecular weight is 347 g/mol. The lowest BCUT2D eigenvalue weighted by molar-refractivity contribution is -0.130. The molecule has 0 saturated carbocycles. The third-order valence-electron chi connectivity index (χ3n) is 2.66. The van der Waals surface area contributed by atoms with E-state index in [1.807, 2.05) is 0 Å². The SMILES string of the molecule is CN(CCO)C(=O)CCNC(=O)c1cc(F)ccc1Br. The normalized spacial score (nSPS) is 10.2. The molecule has 1 rings (SSSR count). The quantitative estimate of drug-likeness (QED) is 0.811. The second-order valence-corrected chi connectivity index (χ2v) is 5.02. The first-order valence-electron chi connectivity index (χ1n) is 6.03. The topological polar surface area (TPSA) is 69.6 Å². The fourth-order valence-corrected chi connectivity index (χ4v) is 1.94. The molecule has 2 amide bonds. The van der Waals surface area contributed by atoms with E-state index in [2.05, 4.69) is 21.2 Å². The van der Waals surface area contributed by atoms with Crippen molar-refractivity contribution >= 4 is 27.7 Å². The first-order valence-corrected chi connectivity index (χ1v) is 6.83. The number of hydrogen-bond acceptors (Lipinski definition) is 3. The predicted molar refractivity (Wildman–Crippen MR) is 75.8 cm³/mol. The van der Waals surface area contributed by atoms with Crippen LogP contribution in [-0.2, 0) is 4.79 Å². The summed E-state index contributed by atoms with van der Waals surface area (Å²) in [4.78, 5) is 24.8. The van der Waals surface area contributed by atoms with E-state index in [1.54, 1.807) is 7.05 Å². The second kappa shape index (κ2) is 7.96. The Morgan fingerprint density at radius 2 is 2.15 bits per heavy atom. The van der Waals surface area contributed by atoms with E-state index in [4.69, 9.17) is 5.11 Å². The number of carbonyl (C=O) groups excluding carboxylic acids is 2. The van der Waals surface area contributed by atoms with Crippen molar-refractivity contribution in [2.45, 2.75) is 6.42 Å². The Morgan fingerprint density at radius 1 is 1.45 bits per heavy atom. The number of carbonyl (C=O) groups is 2. The van der Waals surface area contributed by atoms with Gasteiger partial charge in [-0.1, -0.05) is 0 Å². The van der Waals surface area contributed by atoms with Crippen LogP contribution in [0.5, 0.6) is 0 Å². The minimum Gasteiger partial charge on any atom is -0.395 e. The summed E-state index contributed by atoms with van der Waals surface area (Å²) in [5, 5.41) is 11.2. The van der Waals surface area contributed by atoms with Crippen molar-refractivity contribution in [1.29, 1.82) is 0 Å². The maximum Gasteiger partial charge on any atom is 0.252 e. The summed E-state index contributed by atoms with van der Waals surface area (Å²) in [5.74, 6) is -1.14. The molecular weight excluding hydrogens is 331 g/mol. The first-order chi connectivity index (χ1) is 9.45. The maximum absolute atomic E-state index is 13.1. The van der Waals surface area contributed by atoms with Crippen LogP contribution in [0.4, 0.5) is 4.39 Å². The summed E-state index contributed by atoms with van der Waals surface area (Å²) in [6.07, 6.45) is 0.120. The number of aliphatic hydroxyl groups is 1. The molecule has 5 nitrogen and oxygen atoms in total. The van der Waals surface area contributed by atoms with E-state index in [1.165, 1.54) is 17.0 Å². The molecule has 0 spiro atoms. The smallest absolute Gasteiger partial charge is 0.252 e. The van der Waals surface area contributed by atoms with E-state index in [0.29, 0.717) is 4.47 Å². The molecule has 7 heteroatoms. The summed E-state index contributed by atoms with van der Waals surface area (Å²) in [7, 11) is 1.57. The number of likely N-dealkylation sites (N-methyl/N-ethyl adjacent to an activating group) is 1. The van der Waals surface area contributed by atoms with Crippen LogP contribution in [0.25, 0.3) is 0 Å². The van der Waals surface area contributed by atoms with Crippen molar-refractivity contribution in [3.05, 3.63) is 34.1 Å². The molecule has 110 valence electrons. The molecule has 0 heterocycles. The number of nitrogens with one attached hydrogen (secondary N) is 1. The summed E-state index contributed by atoms with van der Waals surface area (Å²) in [6.45, 7) is 0.295. The summed E-state index contributed by atoms with van der Waals surface area (Å²) >= 11 is 3.17. The summed E-state index contributed by atoms with van der Waals surface area (Å²) in [5.41, 5.74) is 0.182. The highest BCUT2D eigenvalue weighted by Crippen LogP contribution is 2.17. The highest BCUT2D eigenvalue weighted by molar-refractivity contribution is 9.10. The Bertz CT molecular complexity index is 497. The van der Waals surface area contributed by atoms with E-state index in [-0.39, 0.29) is 37.6 Å². The van der Waals surface area contributed by atoms with Crippen molar-refractivity contribution in [3.63, 3.8) is 0 Å². The Morgan fingerprint density at radius 3 is 2.80 bits per heavy atom. The van der Waals surface area contributed by atoms with Gasteiger partial charge in [-0.25, -0.2) is 4.39 Å². The molecule has 1 aromatic rings. The van der Waals surface area contributed by atoms with Crippen LogP contribution in [0.1, 0.15) is 16.8 Å². The molecule has 0 radical (unpaired) electrons. The minimum absolute atomic E-state index is 0.106. The molecule has 0 aliphatic carbocycles. The zero-order valence-electron chi connectivity index (χ0n) is 11.0. The molecule has 2 N–H and O–H groups in total. The zero-order chi connectivity index (χ0) is 15.1. The fraction of sp³-hybridized carbons (Fsp3) is 0.385. The first kappa shape index (κ1) is 16.6. The number of rotatable bonds is 6. The standard InChI is InChI=1S/C13H16BrFN2O3/c1-17(6-7-18)12(19)4-5-16-13(20)10-8-9(15)2-3-11(10)14/h2-3,8,18H,4-7H2,1H3,(H,16,20). The van der Waals surface area contributed by atoms with Crippen LogP contribution < -0.4 is 5.32 Å². The average Bonchev–Trinajstić information content (AvgIpc) is 2.41. The molecule has 0 aliphatic heterocycles. The van der Waals surface area contributed by atoms with Crippen molar-refractivity contribution in [2.75, 3.05) is 26.7 Å². The lowest BCUT2D eigenvalue weighted by atomic mass is 10.2. The fourth-order valence-electron chi connectivity index (χ4n) is 1.52. The predicted octanol–water partition coefficient (Wildman–Crippen LogP) is 1.16. The van der Waals surface area contributed by atoms with Gasteiger partial charge in [0.2, 0.25) is 5.91 Å². The molecule has 0 aliphatic rings. The molecule has 0 unspecified atom stereocenters. The number of nitrogens with zero attached hydrogens (tertiary/aromatic N) is 1. The third kappa shape index (κ3) is 4.90. The van der Waals surface area contributed by atoms with Gasteiger partial charge in [-0.15, -0.1) is 0 Å². The van der Waals surface area contributed by atoms with Crippen LogP contribution in [-0.4, -0.2) is 48.6 Å². The Hall–Kier alpha value is -1.47. The summed E-state index contributed by atoms with van der Waals surface area (Å²) < 4.78 is 13.5. The highest BCUT2D eigenvalue weighted by Gasteiger charge is 2.12. The van der Waals surface area contributed by atoms with Gasteiger partial charge in [0.05, 0.1) is 12.2 Å². The molecule has 0 aromatic heterocycles. The lowest BCUT2D eigenvalue weighted by Crippen LogP contribution is -2.33. The number of benzene rings is 1. The van der Waals surface area contributed by atoms with Gasteiger partial charge in [0.1, 0.15) is 5.82 Å². The monoisotopic (exact) mass is 346 g/mol. The van der Waals surface area contributed by atoms with Gasteiger partial charge in [0.25, 0.3) is 5.91 Å². The highest BCUT2D eigenvalue weighted by atomic mass is 79.9. The van der Waals surface area contributed by atoms with Gasteiger partial charge < -0.3 is 15.3 Å². The van der Waals surface area contributed by atoms with Gasteiger partial charge in [-0.3, -0.25) is 9.59 Å². The number of hydrogen-bond donors (Lipinski definition) is 2. The largest absolute Gasteiger partial charge is 0.395 e. The Balaban J connectivity index is 2.48. The van der Waals surface area contributed by atoms with Crippen molar-refractivity contribution in [2.24, 2.45) is 0 Å². The van der Waals surface area contributed by atoms with Crippen LogP contribution in [0.15, 0.2) is 22.7 Å². The van der Waals surface area contributed by atoms with Gasteiger partial charge in [-0.2, -0.15) is 0 Å². The summed E-state index contributed by atoms with van der Waals surface area (Å²) in [6, 6.07) is 3.82. The number of halogens is 2. The zero-order valence-corrected chi connectivity index (χ0v) is 12.6. The molecular formula is C13H16BrFN2O3. The molecule has 20 heavy (non-hydrogen) atoms. The number of amides is 2. The van der Waals surface area contributed by atoms with Gasteiger partial charge in [0, 0.05) is 31.0 Å². The molecule has 0 atom stereocenters. The van der Waals surface area contributed by atoms with Gasteiger partial charge >= 0.3 is 0 Å². The molecule has 1 aromatic carbocycles. The van der Waals surface area contributed by atoms with Crippen LogP contribution in [0.2, 0.25) is 0 Å². The van der Waals surface area contributed by atoms with E-state index < -0.39 is 11.7 Å². The Labute approximate surface area is 124 Å². The maximum atomic E-state index is 13.1. The lowest BCUT2D eigenvalue weighted by Gasteiger charge is -2.15. The second-order valence-electron chi connectivity index (χ2n) is 4.17. The van der Waals surface area contributed by atoms with Crippen molar-refractivity contribution in [3.8, 4) is 0 Å². The van der Waals surface area contributed by atoms with Gasteiger partial charge in [0.15, 0.2) is 0 Å². The van der Waals surface area contributed by atoms with E-state index >= 15 is 0 Å². The van der Waals surface area contributed by atoms with Crippen molar-refractivity contribution in [1.82, 2.24) is 10.2 Å². The molecule has 0 bridgehead atoms. The van der Waals surface area contributed by atoms with E-state index in [0.717, 1.165) is 6.07 Å². The van der Waals surface area contributed by atoms with Crippen LogP contribution in [0, 0.1) is 5.82 Å². The molecule has 0 fully saturated rings. The third-order valence-corrected chi connectivity index (χ3v) is 3.35. The van der Waals surface area contributed by atoms with Crippen LogP contribution >= 0.6 is 15.9 Å². The molecule has 0 saturated heterocycles. The van der Waals surface area contributed by atoms with E-state index in [9.17, 15) is 14.0 Å². The van der Waals surface area contributed by atoms with Crippen molar-refractivity contribution < 1.29 is 19.1 Å². The van der Waals surface area contributed by atoms with Crippen LogP contribution in [0.3, 0.4) is 0 Å². The Kier molecular flexibility index (Phi) is 6.60. The minimum atomic E-state index is -0.503. The number of aliphatic hydroxyl groups excluding tert-OH is 1.